The van der Waals surface area contributed by atoms with E-state index in [4.69, 9.17) is 10.5 Å². The minimum absolute atomic E-state index is 0.0438. The van der Waals surface area contributed by atoms with Crippen molar-refractivity contribution in [2.45, 2.75) is 39.1 Å². The summed E-state index contributed by atoms with van der Waals surface area (Å²) in [5.74, 6) is -0.866. The molecule has 1 aromatic heterocycles. The molecule has 1 amide bonds. The summed E-state index contributed by atoms with van der Waals surface area (Å²) in [4.78, 5) is 28.6. The summed E-state index contributed by atoms with van der Waals surface area (Å²) in [5, 5.41) is 6.34. The fourth-order valence-electron chi connectivity index (χ4n) is 3.78. The van der Waals surface area contributed by atoms with E-state index in [0.29, 0.717) is 42.5 Å². The average Bonchev–Trinajstić information content (AvgIpc) is 3.29. The van der Waals surface area contributed by atoms with Crippen LogP contribution in [-0.2, 0) is 11.3 Å². The molecule has 0 saturated carbocycles. The van der Waals surface area contributed by atoms with E-state index in [1.54, 1.807) is 22.3 Å². The Bertz CT molecular complexity index is 1050. The molecule has 0 spiro atoms. The number of aryl methyl sites for hydroxylation is 1. The number of anilines is 2. The van der Waals surface area contributed by atoms with Crippen LogP contribution >= 0.6 is 0 Å². The first-order chi connectivity index (χ1) is 13.9. The number of halogens is 1. The van der Waals surface area contributed by atoms with E-state index in [9.17, 15) is 14.0 Å². The molecule has 2 aliphatic heterocycles. The van der Waals surface area contributed by atoms with Crippen molar-refractivity contribution in [3.63, 3.8) is 0 Å². The Hall–Kier alpha value is -3.14. The number of amides is 1. The number of carbonyl (C=O) groups excluding carboxylic acids is 1. The fraction of sp³-hybridized carbons (Fsp3) is 0.421. The quantitative estimate of drug-likeness (QED) is 0.700. The molecule has 29 heavy (non-hydrogen) atoms. The van der Waals surface area contributed by atoms with E-state index in [1.165, 1.54) is 12.1 Å². The van der Waals surface area contributed by atoms with Crippen molar-refractivity contribution in [2.75, 3.05) is 23.8 Å². The molecule has 1 aromatic carbocycles. The molecule has 4 N–H and O–H groups in total. The molecule has 0 aliphatic carbocycles. The second-order valence-electron chi connectivity index (χ2n) is 7.13. The van der Waals surface area contributed by atoms with Gasteiger partial charge < -0.3 is 21.1 Å². The summed E-state index contributed by atoms with van der Waals surface area (Å²) < 4.78 is 23.0. The molecule has 1 fully saturated rings. The van der Waals surface area contributed by atoms with Crippen LogP contribution in [0.15, 0.2) is 21.9 Å². The summed E-state index contributed by atoms with van der Waals surface area (Å²) in [6, 6.07) is 2.58. The van der Waals surface area contributed by atoms with Crippen molar-refractivity contribution in [2.24, 2.45) is 10.7 Å². The third-order valence-electron chi connectivity index (χ3n) is 5.29. The zero-order valence-electron chi connectivity index (χ0n) is 16.2. The number of benzene rings is 1. The Morgan fingerprint density at radius 3 is 2.93 bits per heavy atom. The SMILES string of the molecule is CCn1c2c(n(C3CCOC3)c1=O)NC(Nc1cc(F)c(C(N)=O)cc1C)N=C2. The van der Waals surface area contributed by atoms with Crippen LogP contribution < -0.4 is 22.1 Å². The molecular formula is C19H23FN6O3. The van der Waals surface area contributed by atoms with Crippen LogP contribution in [0.25, 0.3) is 0 Å². The van der Waals surface area contributed by atoms with Gasteiger partial charge in [0.2, 0.25) is 0 Å². The average molecular weight is 402 g/mol. The van der Waals surface area contributed by atoms with Gasteiger partial charge in [0.15, 0.2) is 6.29 Å². The minimum Gasteiger partial charge on any atom is -0.379 e. The normalized spacial score (nSPS) is 20.4. The van der Waals surface area contributed by atoms with Gasteiger partial charge in [0.05, 0.1) is 24.4 Å². The number of hydrogen-bond acceptors (Lipinski definition) is 6. The van der Waals surface area contributed by atoms with Crippen LogP contribution in [0.3, 0.4) is 0 Å². The summed E-state index contributed by atoms with van der Waals surface area (Å²) in [5.41, 5.74) is 6.75. The van der Waals surface area contributed by atoms with E-state index in [0.717, 1.165) is 6.42 Å². The van der Waals surface area contributed by atoms with Gasteiger partial charge >= 0.3 is 5.69 Å². The number of primary amides is 1. The largest absolute Gasteiger partial charge is 0.379 e. The first-order valence-corrected chi connectivity index (χ1v) is 9.49. The van der Waals surface area contributed by atoms with Crippen LogP contribution in [-0.4, -0.2) is 40.8 Å². The molecule has 0 bridgehead atoms. The van der Waals surface area contributed by atoms with Crippen LogP contribution in [0.1, 0.15) is 41.0 Å². The molecule has 2 aliphatic rings. The van der Waals surface area contributed by atoms with Gasteiger partial charge in [-0.3, -0.25) is 13.9 Å². The van der Waals surface area contributed by atoms with E-state index < -0.39 is 18.0 Å². The Balaban J connectivity index is 1.65. The van der Waals surface area contributed by atoms with Gasteiger partial charge in [-0.05, 0) is 38.0 Å². The number of nitrogens with zero attached hydrogens (tertiary/aromatic N) is 3. The summed E-state index contributed by atoms with van der Waals surface area (Å²) in [7, 11) is 0. The van der Waals surface area contributed by atoms with E-state index in [1.807, 2.05) is 6.92 Å². The van der Waals surface area contributed by atoms with Crippen molar-refractivity contribution in [1.82, 2.24) is 9.13 Å². The number of aromatic nitrogens is 2. The minimum atomic E-state index is -0.820. The second kappa shape index (κ2) is 7.36. The van der Waals surface area contributed by atoms with Crippen molar-refractivity contribution >= 4 is 23.6 Å². The predicted octanol–water partition coefficient (Wildman–Crippen LogP) is 1.42. The van der Waals surface area contributed by atoms with Gasteiger partial charge in [-0.25, -0.2) is 14.2 Å². The topological polar surface area (TPSA) is 116 Å². The lowest BCUT2D eigenvalue weighted by Gasteiger charge is -2.25. The third kappa shape index (κ3) is 3.29. The summed E-state index contributed by atoms with van der Waals surface area (Å²) in [6.07, 6.45) is 1.79. The van der Waals surface area contributed by atoms with Crippen LogP contribution in [0.4, 0.5) is 15.9 Å². The molecule has 10 heteroatoms. The Morgan fingerprint density at radius 2 is 2.28 bits per heavy atom. The van der Waals surface area contributed by atoms with Gasteiger partial charge in [-0.1, -0.05) is 0 Å². The molecule has 4 rings (SSSR count). The van der Waals surface area contributed by atoms with Crippen LogP contribution in [0.5, 0.6) is 0 Å². The van der Waals surface area contributed by atoms with Crippen molar-refractivity contribution in [3.05, 3.63) is 45.3 Å². The maximum atomic E-state index is 14.2. The highest BCUT2D eigenvalue weighted by atomic mass is 19.1. The number of rotatable bonds is 5. The molecular weight excluding hydrogens is 379 g/mol. The van der Waals surface area contributed by atoms with Crippen LogP contribution in [0, 0.1) is 12.7 Å². The molecule has 2 atom stereocenters. The van der Waals surface area contributed by atoms with E-state index in [2.05, 4.69) is 15.6 Å². The van der Waals surface area contributed by atoms with Crippen molar-refractivity contribution < 1.29 is 13.9 Å². The summed E-state index contributed by atoms with van der Waals surface area (Å²) in [6.45, 7) is 5.26. The molecule has 9 nitrogen and oxygen atoms in total. The molecule has 2 aromatic rings. The van der Waals surface area contributed by atoms with Gasteiger partial charge in [-0.15, -0.1) is 0 Å². The van der Waals surface area contributed by atoms with Crippen molar-refractivity contribution in [3.8, 4) is 0 Å². The number of ether oxygens (including phenoxy) is 1. The van der Waals surface area contributed by atoms with Crippen LogP contribution in [0.2, 0.25) is 0 Å². The lowest BCUT2D eigenvalue weighted by molar-refractivity contribution is 0.0996. The van der Waals surface area contributed by atoms with Gasteiger partial charge in [-0.2, -0.15) is 0 Å². The van der Waals surface area contributed by atoms with Gasteiger partial charge in [0.1, 0.15) is 17.3 Å². The first kappa shape index (κ1) is 19.2. The highest BCUT2D eigenvalue weighted by Crippen LogP contribution is 2.28. The third-order valence-corrected chi connectivity index (χ3v) is 5.29. The predicted molar refractivity (Wildman–Crippen MR) is 107 cm³/mol. The number of carbonyl (C=O) groups is 1. The van der Waals surface area contributed by atoms with Gasteiger partial charge in [0, 0.05) is 18.8 Å². The molecule has 2 unspecified atom stereocenters. The second-order valence-corrected chi connectivity index (χ2v) is 7.13. The number of nitrogens with one attached hydrogen (secondary N) is 2. The molecule has 3 heterocycles. The first-order valence-electron chi connectivity index (χ1n) is 9.49. The maximum absolute atomic E-state index is 14.2. The number of aliphatic imine (C=N–C) groups is 1. The number of nitrogens with two attached hydrogens (primary N) is 1. The van der Waals surface area contributed by atoms with Gasteiger partial charge in [0.25, 0.3) is 5.91 Å². The fourth-order valence-corrected chi connectivity index (χ4v) is 3.78. The molecule has 154 valence electrons. The maximum Gasteiger partial charge on any atom is 0.330 e. The van der Waals surface area contributed by atoms with E-state index >= 15 is 0 Å². The Labute approximate surface area is 166 Å². The highest BCUT2D eigenvalue weighted by Gasteiger charge is 2.30. The van der Waals surface area contributed by atoms with E-state index in [-0.39, 0.29) is 17.3 Å². The smallest absolute Gasteiger partial charge is 0.330 e. The standard InChI is InChI=1S/C19H23FN6O3/c1-3-25-15-8-22-18(23-14-7-13(20)12(16(21)27)6-10(14)2)24-17(15)26(19(25)28)11-4-5-29-9-11/h6-8,11,18,23-24H,3-5,9H2,1-2H3,(H2,21,27). The molecule has 1 saturated heterocycles. The lowest BCUT2D eigenvalue weighted by atomic mass is 10.1. The highest BCUT2D eigenvalue weighted by molar-refractivity contribution is 5.94. The number of fused-ring (bicyclic) bond motifs is 1. The lowest BCUT2D eigenvalue weighted by Crippen LogP contribution is -2.33. The Kier molecular flexibility index (Phi) is 4.87. The summed E-state index contributed by atoms with van der Waals surface area (Å²) >= 11 is 0. The number of imidazole rings is 1. The zero-order chi connectivity index (χ0) is 20.7. The monoisotopic (exact) mass is 402 g/mol. The zero-order valence-corrected chi connectivity index (χ0v) is 16.2. The van der Waals surface area contributed by atoms with Crippen molar-refractivity contribution in [1.29, 1.82) is 0 Å². The molecule has 0 radical (unpaired) electrons. The Morgan fingerprint density at radius 1 is 1.48 bits per heavy atom. The number of hydrogen-bond donors (Lipinski definition) is 3.